The molecule has 0 heterocycles. The van der Waals surface area contributed by atoms with E-state index >= 15 is 0 Å². The van der Waals surface area contributed by atoms with Crippen LogP contribution in [0, 0.1) is 0 Å². The molecule has 26 heavy (non-hydrogen) atoms. The third-order valence-corrected chi connectivity index (χ3v) is 4.00. The van der Waals surface area contributed by atoms with Gasteiger partial charge >= 0.3 is 0 Å². The Morgan fingerprint density at radius 2 is 1.12 bits per heavy atom. The molecule has 0 saturated heterocycles. The molecule has 2 amide bonds. The topological polar surface area (TPSA) is 82.9 Å². The molecule has 2 rings (SSSR count). The summed E-state index contributed by atoms with van der Waals surface area (Å²) in [4.78, 5) is 23.8. The maximum Gasteiger partial charge on any atom is 0.272 e. The molecule has 0 aliphatic rings. The Morgan fingerprint density at radius 1 is 0.731 bits per heavy atom. The van der Waals surface area contributed by atoms with Gasteiger partial charge in [-0.3, -0.25) is 9.59 Å². The van der Waals surface area contributed by atoms with Gasteiger partial charge in [0.1, 0.15) is 0 Å². The van der Waals surface area contributed by atoms with Gasteiger partial charge in [-0.05, 0) is 36.4 Å². The molecule has 2 aromatic rings. The molecule has 0 spiro atoms. The minimum Gasteiger partial charge on any atom is -0.267 e. The molecular weight excluding hydrogens is 422 g/mol. The van der Waals surface area contributed by atoms with Crippen molar-refractivity contribution in [2.24, 2.45) is 10.2 Å². The van der Waals surface area contributed by atoms with Crippen LogP contribution >= 0.6 is 46.4 Å². The SMILES string of the molecule is O=C(NN=CC=NNC(=O)c1ccc(Cl)cc1Cl)c1ccc(Cl)cc1Cl. The van der Waals surface area contributed by atoms with E-state index in [0.717, 1.165) is 0 Å². The highest BCUT2D eigenvalue weighted by Crippen LogP contribution is 2.21. The minimum atomic E-state index is -0.520. The van der Waals surface area contributed by atoms with E-state index in [4.69, 9.17) is 46.4 Å². The lowest BCUT2D eigenvalue weighted by Gasteiger charge is -2.02. The van der Waals surface area contributed by atoms with Crippen molar-refractivity contribution in [3.63, 3.8) is 0 Å². The Kier molecular flexibility index (Phi) is 7.41. The Hall–Kier alpha value is -2.12. The largest absolute Gasteiger partial charge is 0.272 e. The van der Waals surface area contributed by atoms with Crippen molar-refractivity contribution in [2.45, 2.75) is 0 Å². The molecule has 134 valence electrons. The van der Waals surface area contributed by atoms with Gasteiger partial charge in [0, 0.05) is 10.0 Å². The molecule has 0 aromatic heterocycles. The Labute approximate surface area is 168 Å². The van der Waals surface area contributed by atoms with Crippen molar-refractivity contribution in [1.82, 2.24) is 10.9 Å². The van der Waals surface area contributed by atoms with Crippen LogP contribution < -0.4 is 10.9 Å². The molecule has 0 unspecified atom stereocenters. The fourth-order valence-corrected chi connectivity index (χ4v) is 2.71. The van der Waals surface area contributed by atoms with Crippen molar-refractivity contribution in [3.8, 4) is 0 Å². The summed E-state index contributed by atoms with van der Waals surface area (Å²) in [5.74, 6) is -1.04. The van der Waals surface area contributed by atoms with Crippen LogP contribution in [0.1, 0.15) is 20.7 Å². The number of amides is 2. The lowest BCUT2D eigenvalue weighted by molar-refractivity contribution is 0.0946. The quantitative estimate of drug-likeness (QED) is 0.542. The first-order chi connectivity index (χ1) is 12.4. The number of nitrogens with zero attached hydrogens (tertiary/aromatic N) is 2. The van der Waals surface area contributed by atoms with Crippen molar-refractivity contribution in [2.75, 3.05) is 0 Å². The minimum absolute atomic E-state index is 0.200. The molecule has 0 radical (unpaired) electrons. The molecule has 0 fully saturated rings. The van der Waals surface area contributed by atoms with Gasteiger partial charge in [-0.25, -0.2) is 10.9 Å². The summed E-state index contributed by atoms with van der Waals surface area (Å²) < 4.78 is 0. The van der Waals surface area contributed by atoms with E-state index in [9.17, 15) is 9.59 Å². The van der Waals surface area contributed by atoms with Gasteiger partial charge in [0.05, 0.1) is 33.6 Å². The van der Waals surface area contributed by atoms with Crippen LogP contribution in [0.2, 0.25) is 20.1 Å². The van der Waals surface area contributed by atoms with Crippen LogP contribution in [0.5, 0.6) is 0 Å². The molecule has 0 aliphatic heterocycles. The molecule has 10 heteroatoms. The van der Waals surface area contributed by atoms with Crippen molar-refractivity contribution in [3.05, 3.63) is 67.6 Å². The zero-order valence-electron chi connectivity index (χ0n) is 12.8. The molecule has 6 nitrogen and oxygen atoms in total. The molecule has 0 aliphatic carbocycles. The standard InChI is InChI=1S/C16H10Cl4N4O2/c17-9-1-3-11(13(19)7-9)15(25)23-21-5-6-22-24-16(26)12-4-2-10(18)8-14(12)20/h1-8H,(H,23,25)(H,24,26). The van der Waals surface area contributed by atoms with E-state index in [1.807, 2.05) is 0 Å². The molecule has 0 bridgehead atoms. The average Bonchev–Trinajstić information content (AvgIpc) is 2.57. The van der Waals surface area contributed by atoms with Gasteiger partial charge in [0.25, 0.3) is 11.8 Å². The number of halogens is 4. The maximum atomic E-state index is 11.9. The summed E-state index contributed by atoms with van der Waals surface area (Å²) in [5, 5.41) is 8.53. The van der Waals surface area contributed by atoms with Crippen LogP contribution in [0.4, 0.5) is 0 Å². The van der Waals surface area contributed by atoms with Gasteiger partial charge in [0.2, 0.25) is 0 Å². The highest BCUT2D eigenvalue weighted by Gasteiger charge is 2.10. The monoisotopic (exact) mass is 430 g/mol. The highest BCUT2D eigenvalue weighted by atomic mass is 35.5. The summed E-state index contributed by atoms with van der Waals surface area (Å²) in [6.45, 7) is 0. The van der Waals surface area contributed by atoms with E-state index in [0.29, 0.717) is 10.0 Å². The van der Waals surface area contributed by atoms with Gasteiger partial charge < -0.3 is 0 Å². The number of hydrogen-bond acceptors (Lipinski definition) is 4. The predicted octanol–water partition coefficient (Wildman–Crippen LogP) is 4.43. The lowest BCUT2D eigenvalue weighted by Crippen LogP contribution is -2.19. The van der Waals surface area contributed by atoms with E-state index in [2.05, 4.69) is 21.1 Å². The Bertz CT molecular complexity index is 826. The number of hydrazone groups is 2. The van der Waals surface area contributed by atoms with E-state index in [1.165, 1.54) is 48.8 Å². The summed E-state index contributed by atoms with van der Waals surface area (Å²) in [6.07, 6.45) is 2.34. The lowest BCUT2D eigenvalue weighted by atomic mass is 10.2. The summed E-state index contributed by atoms with van der Waals surface area (Å²) in [5.41, 5.74) is 4.95. The van der Waals surface area contributed by atoms with Gasteiger partial charge in [-0.2, -0.15) is 10.2 Å². The van der Waals surface area contributed by atoms with Gasteiger partial charge in [0.15, 0.2) is 0 Å². The second-order valence-corrected chi connectivity index (χ2v) is 6.37. The third kappa shape index (κ3) is 5.71. The van der Waals surface area contributed by atoms with Gasteiger partial charge in [-0.1, -0.05) is 46.4 Å². The fraction of sp³-hybridized carbons (Fsp3) is 0. The summed E-state index contributed by atoms with van der Waals surface area (Å²) >= 11 is 23.3. The smallest absolute Gasteiger partial charge is 0.267 e. The zero-order chi connectivity index (χ0) is 19.1. The number of benzene rings is 2. The van der Waals surface area contributed by atoms with Crippen LogP contribution in [-0.2, 0) is 0 Å². The van der Waals surface area contributed by atoms with E-state index in [1.54, 1.807) is 0 Å². The summed E-state index contributed by atoms with van der Waals surface area (Å²) in [6, 6.07) is 8.90. The molecule has 0 saturated carbocycles. The first kappa shape index (κ1) is 20.2. The van der Waals surface area contributed by atoms with E-state index in [-0.39, 0.29) is 21.2 Å². The highest BCUT2D eigenvalue weighted by molar-refractivity contribution is 6.37. The van der Waals surface area contributed by atoms with Crippen LogP contribution in [0.15, 0.2) is 46.6 Å². The average molecular weight is 432 g/mol. The zero-order valence-corrected chi connectivity index (χ0v) is 15.9. The first-order valence-corrected chi connectivity index (χ1v) is 8.45. The molecular formula is C16H10Cl4N4O2. The predicted molar refractivity (Wildman–Crippen MR) is 105 cm³/mol. The molecule has 2 N–H and O–H groups in total. The number of carbonyl (C=O) groups excluding carboxylic acids is 2. The van der Waals surface area contributed by atoms with Crippen LogP contribution in [-0.4, -0.2) is 24.2 Å². The van der Waals surface area contributed by atoms with Crippen LogP contribution in [0.3, 0.4) is 0 Å². The van der Waals surface area contributed by atoms with Crippen molar-refractivity contribution < 1.29 is 9.59 Å². The summed E-state index contributed by atoms with van der Waals surface area (Å²) in [7, 11) is 0. The normalized spacial score (nSPS) is 11.1. The third-order valence-electron chi connectivity index (χ3n) is 2.90. The Balaban J connectivity index is 1.86. The number of nitrogens with one attached hydrogen (secondary N) is 2. The maximum absolute atomic E-state index is 11.9. The first-order valence-electron chi connectivity index (χ1n) is 6.94. The van der Waals surface area contributed by atoms with Crippen molar-refractivity contribution >= 4 is 70.6 Å². The van der Waals surface area contributed by atoms with Crippen molar-refractivity contribution in [1.29, 1.82) is 0 Å². The Morgan fingerprint density at radius 3 is 1.46 bits per heavy atom. The van der Waals surface area contributed by atoms with Crippen LogP contribution in [0.25, 0.3) is 0 Å². The number of carbonyl (C=O) groups is 2. The second-order valence-electron chi connectivity index (χ2n) is 4.69. The molecule has 2 aromatic carbocycles. The second kappa shape index (κ2) is 9.54. The fourth-order valence-electron chi connectivity index (χ4n) is 1.73. The number of hydrogen-bond donors (Lipinski definition) is 2. The van der Waals surface area contributed by atoms with Gasteiger partial charge in [-0.15, -0.1) is 0 Å². The van der Waals surface area contributed by atoms with E-state index < -0.39 is 11.8 Å². The number of rotatable bonds is 5. The molecule has 0 atom stereocenters.